The van der Waals surface area contributed by atoms with Gasteiger partial charge < -0.3 is 5.32 Å². The van der Waals surface area contributed by atoms with Crippen LogP contribution in [0.4, 0.5) is 8.78 Å². The summed E-state index contributed by atoms with van der Waals surface area (Å²) in [4.78, 5) is 12.7. The molecule has 0 aromatic heterocycles. The Morgan fingerprint density at radius 1 is 1.08 bits per heavy atom. The van der Waals surface area contributed by atoms with Gasteiger partial charge in [-0.1, -0.05) is 0 Å². The third-order valence-corrected chi connectivity index (χ3v) is 7.08. The molecule has 0 heterocycles. The summed E-state index contributed by atoms with van der Waals surface area (Å²) in [6.07, 6.45) is 8.03. The van der Waals surface area contributed by atoms with Crippen molar-refractivity contribution in [2.45, 2.75) is 43.4 Å². The number of nitrogens with one attached hydrogen (secondary N) is 1. The van der Waals surface area contributed by atoms with Crippen molar-refractivity contribution in [2.75, 3.05) is 12.3 Å². The molecule has 0 spiro atoms. The molecule has 0 atom stereocenters. The van der Waals surface area contributed by atoms with Crippen LogP contribution in [0.5, 0.6) is 0 Å². The SMILES string of the molecule is O=C(CSc1ccc(F)c(F)c1)NCC12CC3CC(CC(C3)C1)C2. The number of benzene rings is 1. The Morgan fingerprint density at radius 2 is 1.71 bits per heavy atom. The number of hydrogen-bond donors (Lipinski definition) is 1. The predicted octanol–water partition coefficient (Wildman–Crippen LogP) is 4.39. The second-order valence-electron chi connectivity index (χ2n) is 8.06. The lowest BCUT2D eigenvalue weighted by Gasteiger charge is -2.56. The van der Waals surface area contributed by atoms with E-state index in [1.54, 1.807) is 0 Å². The van der Waals surface area contributed by atoms with Gasteiger partial charge in [-0.2, -0.15) is 0 Å². The van der Waals surface area contributed by atoms with Gasteiger partial charge in [0.25, 0.3) is 0 Å². The second kappa shape index (κ2) is 6.32. The first kappa shape index (κ1) is 16.4. The molecule has 0 aliphatic heterocycles. The van der Waals surface area contributed by atoms with Gasteiger partial charge in [-0.25, -0.2) is 8.78 Å². The maximum atomic E-state index is 13.2. The molecule has 5 heteroatoms. The van der Waals surface area contributed by atoms with E-state index in [2.05, 4.69) is 5.32 Å². The molecule has 4 fully saturated rings. The van der Waals surface area contributed by atoms with Crippen LogP contribution >= 0.6 is 11.8 Å². The number of hydrogen-bond acceptors (Lipinski definition) is 2. The Bertz CT molecular complexity index is 613. The monoisotopic (exact) mass is 351 g/mol. The Kier molecular flexibility index (Phi) is 4.31. The zero-order chi connectivity index (χ0) is 16.7. The molecule has 0 saturated heterocycles. The zero-order valence-corrected chi connectivity index (χ0v) is 14.5. The summed E-state index contributed by atoms with van der Waals surface area (Å²) in [5, 5.41) is 3.11. The fourth-order valence-corrected chi connectivity index (χ4v) is 6.31. The van der Waals surface area contributed by atoms with Crippen molar-refractivity contribution >= 4 is 17.7 Å². The Morgan fingerprint density at radius 3 is 2.29 bits per heavy atom. The molecule has 5 rings (SSSR count). The lowest BCUT2D eigenvalue weighted by atomic mass is 9.49. The molecule has 1 amide bonds. The molecule has 24 heavy (non-hydrogen) atoms. The summed E-state index contributed by atoms with van der Waals surface area (Å²) in [7, 11) is 0. The molecule has 4 aliphatic rings. The van der Waals surface area contributed by atoms with Gasteiger partial charge in [0, 0.05) is 11.4 Å². The summed E-state index contributed by atoms with van der Waals surface area (Å²) in [5.41, 5.74) is 0.330. The van der Waals surface area contributed by atoms with E-state index in [4.69, 9.17) is 0 Å². The van der Waals surface area contributed by atoms with Crippen LogP contribution in [0.3, 0.4) is 0 Å². The van der Waals surface area contributed by atoms with E-state index in [0.29, 0.717) is 10.3 Å². The third-order valence-electron chi connectivity index (χ3n) is 6.09. The minimum absolute atomic E-state index is 0.0134. The van der Waals surface area contributed by atoms with Gasteiger partial charge in [-0.3, -0.25) is 4.79 Å². The largest absolute Gasteiger partial charge is 0.355 e. The molecule has 0 radical (unpaired) electrons. The molecule has 1 N–H and O–H groups in total. The lowest BCUT2D eigenvalue weighted by molar-refractivity contribution is -0.120. The Hall–Kier alpha value is -1.10. The zero-order valence-electron chi connectivity index (χ0n) is 13.7. The van der Waals surface area contributed by atoms with Crippen LogP contribution in [0.2, 0.25) is 0 Å². The molecule has 130 valence electrons. The van der Waals surface area contributed by atoms with Crippen molar-refractivity contribution in [2.24, 2.45) is 23.2 Å². The number of carbonyl (C=O) groups excluding carboxylic acids is 1. The molecule has 4 saturated carbocycles. The maximum absolute atomic E-state index is 13.2. The van der Waals surface area contributed by atoms with Crippen LogP contribution in [0.1, 0.15) is 38.5 Å². The van der Waals surface area contributed by atoms with Crippen LogP contribution in [0.25, 0.3) is 0 Å². The highest BCUT2D eigenvalue weighted by molar-refractivity contribution is 8.00. The van der Waals surface area contributed by atoms with Crippen molar-refractivity contribution in [1.82, 2.24) is 5.32 Å². The van der Waals surface area contributed by atoms with Crippen molar-refractivity contribution in [3.05, 3.63) is 29.8 Å². The van der Waals surface area contributed by atoms with Crippen LogP contribution in [-0.4, -0.2) is 18.2 Å². The first-order valence-corrected chi connectivity index (χ1v) is 9.84. The fraction of sp³-hybridized carbons (Fsp3) is 0.632. The van der Waals surface area contributed by atoms with E-state index >= 15 is 0 Å². The van der Waals surface area contributed by atoms with Gasteiger partial charge in [-0.05, 0) is 79.9 Å². The van der Waals surface area contributed by atoms with E-state index < -0.39 is 11.6 Å². The fourth-order valence-electron chi connectivity index (χ4n) is 5.56. The molecule has 1 aromatic rings. The van der Waals surface area contributed by atoms with Crippen LogP contribution in [-0.2, 0) is 4.79 Å². The minimum atomic E-state index is -0.867. The third kappa shape index (κ3) is 3.32. The number of amides is 1. The summed E-state index contributed by atoms with van der Waals surface area (Å²) in [6, 6.07) is 3.76. The van der Waals surface area contributed by atoms with E-state index in [1.165, 1.54) is 56.4 Å². The smallest absolute Gasteiger partial charge is 0.230 e. The van der Waals surface area contributed by atoms with Crippen LogP contribution in [0.15, 0.2) is 23.1 Å². The van der Waals surface area contributed by atoms with E-state index in [9.17, 15) is 13.6 Å². The summed E-state index contributed by atoms with van der Waals surface area (Å²) in [6.45, 7) is 0.785. The summed E-state index contributed by atoms with van der Waals surface area (Å²) in [5.74, 6) is 1.15. The van der Waals surface area contributed by atoms with Crippen molar-refractivity contribution in [1.29, 1.82) is 0 Å². The Labute approximate surface area is 145 Å². The topological polar surface area (TPSA) is 29.1 Å². The first-order valence-electron chi connectivity index (χ1n) is 8.86. The lowest BCUT2D eigenvalue weighted by Crippen LogP contribution is -2.51. The molecular weight excluding hydrogens is 328 g/mol. The normalized spacial score (nSPS) is 33.7. The highest BCUT2D eigenvalue weighted by Crippen LogP contribution is 2.59. The van der Waals surface area contributed by atoms with Gasteiger partial charge >= 0.3 is 0 Å². The molecule has 0 unspecified atom stereocenters. The Balaban J connectivity index is 1.28. The number of halogens is 2. The van der Waals surface area contributed by atoms with Gasteiger partial charge in [-0.15, -0.1) is 11.8 Å². The molecular formula is C19H23F2NOS. The molecule has 4 aliphatic carbocycles. The predicted molar refractivity (Wildman–Crippen MR) is 90.7 cm³/mol. The summed E-state index contributed by atoms with van der Waals surface area (Å²) < 4.78 is 26.1. The highest BCUT2D eigenvalue weighted by Gasteiger charge is 2.50. The van der Waals surface area contributed by atoms with Gasteiger partial charge in [0.2, 0.25) is 5.91 Å². The van der Waals surface area contributed by atoms with E-state index in [1.807, 2.05) is 0 Å². The average Bonchev–Trinajstić information content (AvgIpc) is 2.53. The second-order valence-corrected chi connectivity index (χ2v) is 9.11. The maximum Gasteiger partial charge on any atom is 0.230 e. The number of thioether (sulfide) groups is 1. The van der Waals surface area contributed by atoms with Crippen molar-refractivity contribution < 1.29 is 13.6 Å². The van der Waals surface area contributed by atoms with E-state index in [-0.39, 0.29) is 11.7 Å². The summed E-state index contributed by atoms with van der Waals surface area (Å²) >= 11 is 1.25. The average molecular weight is 351 g/mol. The van der Waals surface area contributed by atoms with Crippen molar-refractivity contribution in [3.63, 3.8) is 0 Å². The van der Waals surface area contributed by atoms with Gasteiger partial charge in [0.15, 0.2) is 11.6 Å². The van der Waals surface area contributed by atoms with Gasteiger partial charge in [0.05, 0.1) is 5.75 Å². The minimum Gasteiger partial charge on any atom is -0.355 e. The number of carbonyl (C=O) groups is 1. The standard InChI is InChI=1S/C19H23F2NOS/c20-16-2-1-15(6-17(16)21)24-10-18(23)22-11-19-7-12-3-13(8-19)5-14(4-12)9-19/h1-2,6,12-14H,3-5,7-11H2,(H,22,23). The van der Waals surface area contributed by atoms with Crippen LogP contribution in [0, 0.1) is 34.8 Å². The van der Waals surface area contributed by atoms with Crippen LogP contribution < -0.4 is 5.32 Å². The molecule has 4 bridgehead atoms. The molecule has 2 nitrogen and oxygen atoms in total. The number of rotatable bonds is 5. The van der Waals surface area contributed by atoms with Crippen molar-refractivity contribution in [3.8, 4) is 0 Å². The first-order chi connectivity index (χ1) is 11.5. The molecule has 1 aromatic carbocycles. The van der Waals surface area contributed by atoms with E-state index in [0.717, 1.165) is 36.4 Å². The quantitative estimate of drug-likeness (QED) is 0.797. The van der Waals surface area contributed by atoms with Gasteiger partial charge in [0.1, 0.15) is 0 Å². The highest BCUT2D eigenvalue weighted by atomic mass is 32.2.